The van der Waals surface area contributed by atoms with E-state index < -0.39 is 59.3 Å². The molecule has 62 heavy (non-hydrogen) atoms. The highest BCUT2D eigenvalue weighted by atomic mass is 79.9. The molecular formula is C50H80Br2N2O6S2. The molecule has 1 aliphatic carbocycles. The van der Waals surface area contributed by atoms with Crippen LogP contribution in [0, 0.1) is 23.7 Å². The van der Waals surface area contributed by atoms with Gasteiger partial charge in [-0.25, -0.2) is 0 Å². The summed E-state index contributed by atoms with van der Waals surface area (Å²) in [5.74, 6) is -4.75. The number of rotatable bonds is 34. The van der Waals surface area contributed by atoms with Crippen molar-refractivity contribution in [1.29, 1.82) is 0 Å². The summed E-state index contributed by atoms with van der Waals surface area (Å²) >= 11 is 9.27. The maximum Gasteiger partial charge on any atom is 0.258 e. The van der Waals surface area contributed by atoms with Crippen molar-refractivity contribution >= 4 is 77.9 Å². The molecule has 0 saturated heterocycles. The number of amides is 2. The van der Waals surface area contributed by atoms with Crippen molar-refractivity contribution in [2.75, 3.05) is 13.1 Å². The molecule has 352 valence electrons. The van der Waals surface area contributed by atoms with E-state index in [0.29, 0.717) is 20.7 Å². The number of carbonyl (C=O) groups is 4. The average molecular weight is 1030 g/mol. The molecule has 1 fully saturated rings. The Morgan fingerprint density at radius 1 is 0.548 bits per heavy atom. The van der Waals surface area contributed by atoms with Crippen LogP contribution in [0.3, 0.4) is 0 Å². The minimum atomic E-state index is -2.31. The van der Waals surface area contributed by atoms with E-state index in [1.807, 2.05) is 0 Å². The van der Waals surface area contributed by atoms with E-state index in [4.69, 9.17) is 0 Å². The van der Waals surface area contributed by atoms with E-state index in [0.717, 1.165) is 113 Å². The van der Waals surface area contributed by atoms with Gasteiger partial charge in [-0.15, -0.1) is 22.7 Å². The van der Waals surface area contributed by atoms with Crippen LogP contribution in [0.15, 0.2) is 31.8 Å². The monoisotopic (exact) mass is 1030 g/mol. The lowest BCUT2D eigenvalue weighted by atomic mass is 9.66. The first-order valence-corrected chi connectivity index (χ1v) is 27.7. The van der Waals surface area contributed by atoms with Crippen LogP contribution in [-0.4, -0.2) is 46.7 Å². The molecule has 1 aliphatic rings. The third kappa shape index (κ3) is 17.1. The van der Waals surface area contributed by atoms with Crippen molar-refractivity contribution < 1.29 is 29.4 Å². The molecule has 8 nitrogen and oxygen atoms in total. The van der Waals surface area contributed by atoms with Gasteiger partial charge in [0, 0.05) is 35.7 Å². The summed E-state index contributed by atoms with van der Waals surface area (Å²) in [5.41, 5.74) is -4.62. The molecule has 6 atom stereocenters. The molecule has 0 aromatic carbocycles. The fourth-order valence-corrected chi connectivity index (χ4v) is 12.2. The van der Waals surface area contributed by atoms with E-state index in [1.165, 1.54) is 64.2 Å². The zero-order chi connectivity index (χ0) is 45.4. The van der Waals surface area contributed by atoms with Crippen molar-refractivity contribution in [1.82, 2.24) is 10.6 Å². The topological polar surface area (TPSA) is 133 Å². The van der Waals surface area contributed by atoms with Crippen molar-refractivity contribution in [3.8, 4) is 0 Å². The third-order valence-corrected chi connectivity index (χ3v) is 16.6. The Bertz CT molecular complexity index is 1500. The largest absolute Gasteiger partial charge is 0.374 e. The van der Waals surface area contributed by atoms with E-state index in [2.05, 4.69) is 70.2 Å². The zero-order valence-electron chi connectivity index (χ0n) is 38.5. The van der Waals surface area contributed by atoms with Gasteiger partial charge < -0.3 is 20.8 Å². The van der Waals surface area contributed by atoms with Crippen molar-refractivity contribution in [3.05, 3.63) is 41.6 Å². The maximum absolute atomic E-state index is 14.5. The van der Waals surface area contributed by atoms with Gasteiger partial charge >= 0.3 is 0 Å². The van der Waals surface area contributed by atoms with E-state index in [9.17, 15) is 29.4 Å². The summed E-state index contributed by atoms with van der Waals surface area (Å²) in [5, 5.41) is 31.3. The Morgan fingerprint density at radius 3 is 1.13 bits per heavy atom. The number of hydrogen-bond acceptors (Lipinski definition) is 8. The Morgan fingerprint density at radius 2 is 0.839 bits per heavy atom. The standard InChI is InChI=1S/C50H80Br2N2O6S2/c1-5-9-13-17-19-23-27-37(25-21-15-11-7-3)35-53-47(57)49(59,43-29-31-45(51)61-43)39-33-42(56)40(34-41(39)55)50(60,44-30-32-46(52)62-44)48(58)54-36-38(26-22-16-12-8-4)28-24-20-18-14-10-6-2/h29-32,37-40,59-60H,5-28,33-36H2,1-4H3,(H,53,57)(H,54,58). The molecular weight excluding hydrogens is 948 g/mol. The molecule has 12 heteroatoms. The third-order valence-electron chi connectivity index (χ3n) is 13.2. The van der Waals surface area contributed by atoms with E-state index in [1.54, 1.807) is 24.3 Å². The van der Waals surface area contributed by atoms with Crippen LogP contribution in [-0.2, 0) is 30.4 Å². The molecule has 1 saturated carbocycles. The summed E-state index contributed by atoms with van der Waals surface area (Å²) in [4.78, 5) is 58.3. The normalized spacial score (nSPS) is 18.6. The summed E-state index contributed by atoms with van der Waals surface area (Å²) in [6, 6.07) is 6.72. The second-order valence-corrected chi connectivity index (χ2v) is 23.1. The van der Waals surface area contributed by atoms with Crippen LogP contribution in [0.25, 0.3) is 0 Å². The molecule has 0 radical (unpaired) electrons. The Balaban J connectivity index is 1.84. The number of Topliss-reactive ketones (excluding diaryl/α,β-unsaturated/α-hetero) is 2. The fourth-order valence-electron chi connectivity index (χ4n) is 9.18. The number of carbonyl (C=O) groups excluding carboxylic acids is 4. The highest BCUT2D eigenvalue weighted by Crippen LogP contribution is 2.47. The van der Waals surface area contributed by atoms with Gasteiger partial charge in [0.05, 0.1) is 19.4 Å². The number of thiophene rings is 2. The zero-order valence-corrected chi connectivity index (χ0v) is 43.3. The van der Waals surface area contributed by atoms with E-state index >= 15 is 0 Å². The first-order valence-electron chi connectivity index (χ1n) is 24.4. The number of hydrogen-bond donors (Lipinski definition) is 4. The number of unbranched alkanes of at least 4 members (excludes halogenated alkanes) is 16. The summed E-state index contributed by atoms with van der Waals surface area (Å²) in [7, 11) is 0. The molecule has 4 N–H and O–H groups in total. The predicted molar refractivity (Wildman–Crippen MR) is 265 cm³/mol. The van der Waals surface area contributed by atoms with Gasteiger partial charge in [0.25, 0.3) is 11.8 Å². The highest BCUT2D eigenvalue weighted by Gasteiger charge is 2.59. The summed E-state index contributed by atoms with van der Waals surface area (Å²) in [6.45, 7) is 9.56. The molecule has 3 rings (SSSR count). The number of ketones is 2. The van der Waals surface area contributed by atoms with Gasteiger partial charge in [-0.1, -0.05) is 156 Å². The fraction of sp³-hybridized carbons (Fsp3) is 0.760. The van der Waals surface area contributed by atoms with Gasteiger partial charge in [0.2, 0.25) is 0 Å². The number of aliphatic hydroxyl groups is 2. The molecule has 0 bridgehead atoms. The van der Waals surface area contributed by atoms with Crippen molar-refractivity contribution in [2.45, 2.75) is 206 Å². The average Bonchev–Trinajstić information content (AvgIpc) is 3.92. The van der Waals surface area contributed by atoms with Crippen LogP contribution < -0.4 is 10.6 Å². The van der Waals surface area contributed by atoms with Crippen LogP contribution in [0.5, 0.6) is 0 Å². The van der Waals surface area contributed by atoms with Crippen LogP contribution in [0.2, 0.25) is 0 Å². The lowest BCUT2D eigenvalue weighted by Gasteiger charge is -2.41. The van der Waals surface area contributed by atoms with Crippen molar-refractivity contribution in [2.24, 2.45) is 23.7 Å². The van der Waals surface area contributed by atoms with Gasteiger partial charge in [0.15, 0.2) is 11.2 Å². The lowest BCUT2D eigenvalue weighted by molar-refractivity contribution is -0.168. The second-order valence-electron chi connectivity index (χ2n) is 18.1. The first-order chi connectivity index (χ1) is 29.9. The number of halogens is 2. The van der Waals surface area contributed by atoms with Gasteiger partial charge in [-0.05, 0) is 93.6 Å². The van der Waals surface area contributed by atoms with Gasteiger partial charge in [-0.2, -0.15) is 0 Å². The minimum Gasteiger partial charge on any atom is -0.374 e. The SMILES string of the molecule is CCCCCCCCC(CCCCCC)CNC(=O)C(O)(c1ccc(Br)s1)C1CC(=O)C(C(O)(C(=O)NCC(CCCCCC)CCCCCCCC)c2ccc(Br)s2)CC1=O. The molecule has 0 spiro atoms. The van der Waals surface area contributed by atoms with E-state index in [-0.39, 0.29) is 21.6 Å². The van der Waals surface area contributed by atoms with Crippen LogP contribution >= 0.6 is 54.5 Å². The van der Waals surface area contributed by atoms with Crippen molar-refractivity contribution in [3.63, 3.8) is 0 Å². The smallest absolute Gasteiger partial charge is 0.258 e. The first kappa shape index (κ1) is 54.9. The van der Waals surface area contributed by atoms with Gasteiger partial charge in [0.1, 0.15) is 11.6 Å². The molecule has 2 amide bonds. The maximum atomic E-state index is 14.5. The molecule has 0 aliphatic heterocycles. The van der Waals surface area contributed by atoms with Gasteiger partial charge in [-0.3, -0.25) is 19.2 Å². The Hall–Kier alpha value is -1.44. The minimum absolute atomic E-state index is 0.231. The Kier molecular flexibility index (Phi) is 26.5. The lowest BCUT2D eigenvalue weighted by Crippen LogP contribution is -2.59. The summed E-state index contributed by atoms with van der Waals surface area (Å²) < 4.78 is 1.36. The quantitative estimate of drug-likeness (QED) is 0.0516. The highest BCUT2D eigenvalue weighted by molar-refractivity contribution is 9.11. The Labute approximate surface area is 399 Å². The molecule has 6 unspecified atom stereocenters. The molecule has 2 heterocycles. The predicted octanol–water partition coefficient (Wildman–Crippen LogP) is 13.5. The van der Waals surface area contributed by atoms with Crippen LogP contribution in [0.4, 0.5) is 0 Å². The number of nitrogens with one attached hydrogen (secondary N) is 2. The second kappa shape index (κ2) is 30.0. The van der Waals surface area contributed by atoms with Crippen LogP contribution in [0.1, 0.15) is 204 Å². The summed E-state index contributed by atoms with van der Waals surface area (Å²) in [6.07, 6.45) is 26.2. The molecule has 2 aromatic heterocycles. The molecule has 2 aromatic rings.